The number of phenolic OH excluding ortho intramolecular Hbond substituents is 1. The number of benzene rings is 2. The second-order valence-corrected chi connectivity index (χ2v) is 6.39. The Labute approximate surface area is 142 Å². The molecule has 1 saturated carbocycles. The summed E-state index contributed by atoms with van der Waals surface area (Å²) in [5, 5.41) is 12.7. The van der Waals surface area contributed by atoms with Crippen LogP contribution in [-0.4, -0.2) is 24.2 Å². The minimum absolute atomic E-state index is 0.0335. The van der Waals surface area contributed by atoms with E-state index in [1.54, 1.807) is 18.2 Å². The largest absolute Gasteiger partial charge is 0.504 e. The summed E-state index contributed by atoms with van der Waals surface area (Å²) in [5.41, 5.74) is 1.33. The number of para-hydroxylation sites is 2. The van der Waals surface area contributed by atoms with Crippen molar-refractivity contribution in [1.29, 1.82) is 0 Å². The van der Waals surface area contributed by atoms with Gasteiger partial charge in [0.05, 0.1) is 0 Å². The summed E-state index contributed by atoms with van der Waals surface area (Å²) in [4.78, 5) is 12.1. The molecule has 0 heterocycles. The number of carbonyl (C=O) groups is 1. The van der Waals surface area contributed by atoms with Crippen LogP contribution in [0.1, 0.15) is 31.2 Å². The molecule has 1 fully saturated rings. The second kappa shape index (κ2) is 7.39. The number of ether oxygens (including phenoxy) is 1. The zero-order valence-electron chi connectivity index (χ0n) is 13.7. The SMILES string of the molecule is O=C(COc1ccccc1O)NCC1(c2ccccc2)CCCC1. The summed E-state index contributed by atoms with van der Waals surface area (Å²) in [6.45, 7) is 0.530. The minimum atomic E-state index is -0.166. The van der Waals surface area contributed by atoms with Crippen molar-refractivity contribution in [3.63, 3.8) is 0 Å². The van der Waals surface area contributed by atoms with E-state index >= 15 is 0 Å². The molecule has 0 bridgehead atoms. The first kappa shape index (κ1) is 16.4. The third-order valence-electron chi connectivity index (χ3n) is 4.79. The molecule has 2 aromatic rings. The number of phenols is 1. The number of hydrogen-bond donors (Lipinski definition) is 2. The monoisotopic (exact) mass is 325 g/mol. The number of hydrogen-bond acceptors (Lipinski definition) is 3. The van der Waals surface area contributed by atoms with Crippen LogP contribution < -0.4 is 10.1 Å². The molecule has 0 radical (unpaired) electrons. The van der Waals surface area contributed by atoms with E-state index in [4.69, 9.17) is 4.74 Å². The van der Waals surface area contributed by atoms with Gasteiger partial charge in [-0.2, -0.15) is 0 Å². The lowest BCUT2D eigenvalue weighted by atomic mass is 9.79. The molecule has 0 spiro atoms. The fourth-order valence-electron chi connectivity index (χ4n) is 3.45. The first-order valence-electron chi connectivity index (χ1n) is 8.43. The summed E-state index contributed by atoms with van der Waals surface area (Å²) in [6, 6.07) is 17.1. The maximum absolute atomic E-state index is 12.1. The van der Waals surface area contributed by atoms with E-state index in [-0.39, 0.29) is 23.7 Å². The molecule has 126 valence electrons. The Hall–Kier alpha value is -2.49. The van der Waals surface area contributed by atoms with Crippen LogP contribution in [0.15, 0.2) is 54.6 Å². The second-order valence-electron chi connectivity index (χ2n) is 6.39. The molecular weight excluding hydrogens is 302 g/mol. The Morgan fingerprint density at radius 1 is 1.04 bits per heavy atom. The van der Waals surface area contributed by atoms with Gasteiger partial charge in [0.25, 0.3) is 5.91 Å². The molecule has 1 aliphatic carbocycles. The lowest BCUT2D eigenvalue weighted by molar-refractivity contribution is -0.123. The Balaban J connectivity index is 1.57. The van der Waals surface area contributed by atoms with Crippen molar-refractivity contribution in [1.82, 2.24) is 5.32 Å². The molecule has 0 unspecified atom stereocenters. The summed E-state index contributed by atoms with van der Waals surface area (Å²) in [7, 11) is 0. The van der Waals surface area contributed by atoms with Gasteiger partial charge >= 0.3 is 0 Å². The normalized spacial score (nSPS) is 15.8. The Bertz CT molecular complexity index is 678. The van der Waals surface area contributed by atoms with Crippen molar-refractivity contribution >= 4 is 5.91 Å². The van der Waals surface area contributed by atoms with Gasteiger partial charge in [0, 0.05) is 12.0 Å². The first-order chi connectivity index (χ1) is 11.7. The number of amides is 1. The van der Waals surface area contributed by atoms with Crippen molar-refractivity contribution in [2.45, 2.75) is 31.1 Å². The molecule has 4 heteroatoms. The van der Waals surface area contributed by atoms with Crippen LogP contribution in [0.2, 0.25) is 0 Å². The van der Waals surface area contributed by atoms with Crippen LogP contribution in [0, 0.1) is 0 Å². The van der Waals surface area contributed by atoms with Crippen molar-refractivity contribution in [3.8, 4) is 11.5 Å². The van der Waals surface area contributed by atoms with E-state index in [0.29, 0.717) is 12.3 Å². The van der Waals surface area contributed by atoms with E-state index in [0.717, 1.165) is 12.8 Å². The molecule has 0 atom stereocenters. The lowest BCUT2D eigenvalue weighted by Gasteiger charge is -2.30. The highest BCUT2D eigenvalue weighted by molar-refractivity contribution is 5.77. The number of aromatic hydroxyl groups is 1. The quantitative estimate of drug-likeness (QED) is 0.856. The molecule has 2 N–H and O–H groups in total. The molecule has 1 aliphatic rings. The molecule has 4 nitrogen and oxygen atoms in total. The van der Waals surface area contributed by atoms with Gasteiger partial charge < -0.3 is 15.2 Å². The fraction of sp³-hybridized carbons (Fsp3) is 0.350. The van der Waals surface area contributed by atoms with E-state index in [1.807, 2.05) is 6.07 Å². The highest BCUT2D eigenvalue weighted by Crippen LogP contribution is 2.40. The van der Waals surface area contributed by atoms with Crippen LogP contribution in [-0.2, 0) is 10.2 Å². The van der Waals surface area contributed by atoms with E-state index in [1.165, 1.54) is 24.5 Å². The van der Waals surface area contributed by atoms with Gasteiger partial charge in [-0.25, -0.2) is 0 Å². The molecule has 0 aliphatic heterocycles. The zero-order valence-corrected chi connectivity index (χ0v) is 13.7. The zero-order chi connectivity index (χ0) is 16.8. The standard InChI is InChI=1S/C20H23NO3/c22-17-10-4-5-11-18(17)24-14-19(23)21-15-20(12-6-7-13-20)16-8-2-1-3-9-16/h1-5,8-11,22H,6-7,12-15H2,(H,21,23). The Morgan fingerprint density at radius 3 is 2.42 bits per heavy atom. The highest BCUT2D eigenvalue weighted by atomic mass is 16.5. The van der Waals surface area contributed by atoms with E-state index in [9.17, 15) is 9.90 Å². The number of rotatable bonds is 6. The lowest BCUT2D eigenvalue weighted by Crippen LogP contribution is -2.40. The maximum atomic E-state index is 12.1. The average Bonchev–Trinajstić information content (AvgIpc) is 3.10. The summed E-state index contributed by atoms with van der Waals surface area (Å²) in [6.07, 6.45) is 4.58. The van der Waals surface area contributed by atoms with E-state index in [2.05, 4.69) is 29.6 Å². The van der Waals surface area contributed by atoms with Gasteiger partial charge in [-0.1, -0.05) is 55.3 Å². The Morgan fingerprint density at radius 2 is 1.71 bits per heavy atom. The smallest absolute Gasteiger partial charge is 0.257 e. The first-order valence-corrected chi connectivity index (χ1v) is 8.43. The summed E-state index contributed by atoms with van der Waals surface area (Å²) < 4.78 is 5.39. The fourth-order valence-corrected chi connectivity index (χ4v) is 3.45. The van der Waals surface area contributed by atoms with Crippen LogP contribution >= 0.6 is 0 Å². The predicted molar refractivity (Wildman–Crippen MR) is 93.2 cm³/mol. The van der Waals surface area contributed by atoms with Crippen molar-refractivity contribution < 1.29 is 14.6 Å². The van der Waals surface area contributed by atoms with Gasteiger partial charge in [-0.15, -0.1) is 0 Å². The maximum Gasteiger partial charge on any atom is 0.257 e. The van der Waals surface area contributed by atoms with Crippen LogP contribution in [0.4, 0.5) is 0 Å². The van der Waals surface area contributed by atoms with E-state index < -0.39 is 0 Å². The van der Waals surface area contributed by atoms with Crippen LogP contribution in [0.3, 0.4) is 0 Å². The summed E-state index contributed by atoms with van der Waals surface area (Å²) in [5.74, 6) is 0.202. The third-order valence-corrected chi connectivity index (χ3v) is 4.79. The number of nitrogens with one attached hydrogen (secondary N) is 1. The van der Waals surface area contributed by atoms with Gasteiger partial charge in [0.1, 0.15) is 0 Å². The highest BCUT2D eigenvalue weighted by Gasteiger charge is 2.35. The van der Waals surface area contributed by atoms with Crippen molar-refractivity contribution in [2.24, 2.45) is 0 Å². The molecule has 3 rings (SSSR count). The van der Waals surface area contributed by atoms with Gasteiger partial charge in [-0.3, -0.25) is 4.79 Å². The predicted octanol–water partition coefficient (Wildman–Crippen LogP) is 3.40. The molecule has 1 amide bonds. The number of carbonyl (C=O) groups excluding carboxylic acids is 1. The molecule has 0 saturated heterocycles. The third kappa shape index (κ3) is 3.70. The van der Waals surface area contributed by atoms with Crippen LogP contribution in [0.5, 0.6) is 11.5 Å². The topological polar surface area (TPSA) is 58.6 Å². The van der Waals surface area contributed by atoms with Crippen molar-refractivity contribution in [2.75, 3.05) is 13.2 Å². The van der Waals surface area contributed by atoms with Crippen LogP contribution in [0.25, 0.3) is 0 Å². The molecule has 24 heavy (non-hydrogen) atoms. The summed E-state index contributed by atoms with van der Waals surface area (Å²) >= 11 is 0. The van der Waals surface area contributed by atoms with Gasteiger partial charge in [0.2, 0.25) is 0 Å². The molecule has 2 aromatic carbocycles. The molecular formula is C20H23NO3. The van der Waals surface area contributed by atoms with Gasteiger partial charge in [-0.05, 0) is 30.5 Å². The average molecular weight is 325 g/mol. The molecule has 0 aromatic heterocycles. The Kier molecular flexibility index (Phi) is 5.04. The van der Waals surface area contributed by atoms with Crippen molar-refractivity contribution in [3.05, 3.63) is 60.2 Å². The van der Waals surface area contributed by atoms with Gasteiger partial charge in [0.15, 0.2) is 18.1 Å². The minimum Gasteiger partial charge on any atom is -0.504 e.